The molecule has 0 aliphatic carbocycles. The van der Waals surface area contributed by atoms with E-state index in [0.29, 0.717) is 6.54 Å². The summed E-state index contributed by atoms with van der Waals surface area (Å²) in [7, 11) is 3.26. The molecule has 47 heavy (non-hydrogen) atoms. The summed E-state index contributed by atoms with van der Waals surface area (Å²) in [6.45, 7) is 13.6. The lowest BCUT2D eigenvalue weighted by Gasteiger charge is -2.47. The average molecular weight is 677 g/mol. The minimum atomic E-state index is -1.81. The quantitative estimate of drug-likeness (QED) is 0.206. The van der Waals surface area contributed by atoms with Gasteiger partial charge >= 0.3 is 11.9 Å². The van der Waals surface area contributed by atoms with E-state index in [9.17, 15) is 39.9 Å². The first-order valence-electron chi connectivity index (χ1n) is 16.7. The Hall–Kier alpha value is -1.91. The van der Waals surface area contributed by atoms with Crippen molar-refractivity contribution in [2.75, 3.05) is 20.6 Å². The van der Waals surface area contributed by atoms with Gasteiger partial charge in [-0.1, -0.05) is 20.8 Å². The van der Waals surface area contributed by atoms with Crippen LogP contribution in [0.4, 0.5) is 0 Å². The van der Waals surface area contributed by atoms with Crippen LogP contribution in [0.15, 0.2) is 0 Å². The third-order valence-electron chi connectivity index (χ3n) is 10.2. The highest BCUT2D eigenvalue weighted by atomic mass is 16.7. The highest BCUT2D eigenvalue weighted by Crippen LogP contribution is 2.36. The number of hydrogen-bond donors (Lipinski definition) is 6. The van der Waals surface area contributed by atoms with Crippen LogP contribution in [0, 0.1) is 17.8 Å². The molecule has 2 rings (SSSR count). The number of carboxylic acid groups (broad SMARTS) is 1. The number of nitrogens with zero attached hydrogens (tertiary/aromatic N) is 2. The van der Waals surface area contributed by atoms with Crippen molar-refractivity contribution < 1.29 is 59.2 Å². The lowest BCUT2D eigenvalue weighted by Crippen LogP contribution is -2.60. The zero-order chi connectivity index (χ0) is 36.2. The van der Waals surface area contributed by atoms with E-state index >= 15 is 0 Å². The fourth-order valence-electron chi connectivity index (χ4n) is 7.18. The van der Waals surface area contributed by atoms with Gasteiger partial charge in [-0.15, -0.1) is 0 Å². The molecule has 0 radical (unpaired) electrons. The fourth-order valence-corrected chi connectivity index (χ4v) is 7.18. The normalized spacial score (nSPS) is 43.3. The van der Waals surface area contributed by atoms with Crippen molar-refractivity contribution in [2.24, 2.45) is 17.8 Å². The van der Waals surface area contributed by atoms with Gasteiger partial charge in [0.2, 0.25) is 5.91 Å². The number of esters is 1. The van der Waals surface area contributed by atoms with Gasteiger partial charge in [0.1, 0.15) is 23.9 Å². The van der Waals surface area contributed by atoms with E-state index in [4.69, 9.17) is 19.3 Å². The Labute approximate surface area is 279 Å². The predicted molar refractivity (Wildman–Crippen MR) is 171 cm³/mol. The highest BCUT2D eigenvalue weighted by Gasteiger charge is 2.50. The largest absolute Gasteiger partial charge is 0.481 e. The van der Waals surface area contributed by atoms with Crippen LogP contribution in [-0.2, 0) is 28.6 Å². The molecule has 274 valence electrons. The molecule has 6 N–H and O–H groups in total. The van der Waals surface area contributed by atoms with Gasteiger partial charge in [-0.3, -0.25) is 14.4 Å². The first-order valence-corrected chi connectivity index (χ1v) is 16.7. The van der Waals surface area contributed by atoms with E-state index in [1.807, 2.05) is 11.8 Å². The molecule has 2 aliphatic rings. The van der Waals surface area contributed by atoms with Gasteiger partial charge in [0.25, 0.3) is 0 Å². The minimum absolute atomic E-state index is 0.143. The molecule has 0 bridgehead atoms. The number of aliphatic hydroxyl groups excluding tert-OH is 3. The lowest BCUT2D eigenvalue weighted by molar-refractivity contribution is -0.299. The molecular weight excluding hydrogens is 616 g/mol. The Morgan fingerprint density at radius 1 is 1.04 bits per heavy atom. The highest BCUT2D eigenvalue weighted by molar-refractivity contribution is 5.80. The third kappa shape index (κ3) is 10.1. The number of carbonyl (C=O) groups excluding carboxylic acids is 2. The number of likely N-dealkylation sites (N-methyl/N-ethyl adjacent to an activating group) is 2. The van der Waals surface area contributed by atoms with Crippen molar-refractivity contribution in [3.05, 3.63) is 0 Å². The van der Waals surface area contributed by atoms with E-state index < -0.39 is 95.9 Å². The van der Waals surface area contributed by atoms with Gasteiger partial charge in [0.15, 0.2) is 6.29 Å². The van der Waals surface area contributed by atoms with Crippen molar-refractivity contribution in [3.8, 4) is 0 Å². The number of aliphatic carboxylic acids is 1. The second-order valence-corrected chi connectivity index (χ2v) is 14.6. The van der Waals surface area contributed by atoms with Crippen molar-refractivity contribution >= 4 is 17.8 Å². The number of ether oxygens (including phenoxy) is 3. The summed E-state index contributed by atoms with van der Waals surface area (Å²) in [4.78, 5) is 40.3. The second-order valence-electron chi connectivity index (χ2n) is 14.6. The standard InChI is InChI=1S/C33H60N2O12/c1-11-23-33(8,44)28(41)21(6)34(9)16-17(2)15-32(7,43)29(19(4)26(39)20(5)30(42)46-23)47-31-27(40)22(14-18(3)45-31)35(10)24(36)12-13-25(37)38/h17-23,26-29,31,39-41,43-44H,11-16H2,1-10H3,(H,37,38)/t17-,18-,19+,20-,21-,22+,23-,26+,27-,28-,29-,31+,32-,33-/m1/s1. The molecule has 0 aromatic heterocycles. The minimum Gasteiger partial charge on any atom is -0.481 e. The zero-order valence-electron chi connectivity index (χ0n) is 29.7. The molecule has 2 fully saturated rings. The topological polar surface area (TPSA) is 207 Å². The summed E-state index contributed by atoms with van der Waals surface area (Å²) in [5.41, 5.74) is -3.45. The Morgan fingerprint density at radius 2 is 1.64 bits per heavy atom. The summed E-state index contributed by atoms with van der Waals surface area (Å²) >= 11 is 0. The molecule has 2 aliphatic heterocycles. The van der Waals surface area contributed by atoms with Crippen LogP contribution in [-0.4, -0.2) is 145 Å². The molecule has 2 saturated heterocycles. The van der Waals surface area contributed by atoms with Crippen LogP contribution >= 0.6 is 0 Å². The SMILES string of the molecule is CC[C@H]1OC(=O)[C@H](C)[C@@H](O)[C@H](C)[C@@H](O[C@@H]2O[C@H](C)C[C@H](N(C)C(=O)CCC(=O)O)[C@H]2O)[C@](C)(O)C[C@@H](C)CN(C)[C@H](C)[C@@H](O)[C@]1(C)O. The van der Waals surface area contributed by atoms with E-state index in [1.54, 1.807) is 41.7 Å². The number of rotatable bonds is 7. The Morgan fingerprint density at radius 3 is 2.19 bits per heavy atom. The first-order chi connectivity index (χ1) is 21.6. The molecule has 0 aromatic carbocycles. The van der Waals surface area contributed by atoms with Gasteiger partial charge in [-0.25, -0.2) is 0 Å². The molecule has 14 atom stereocenters. The molecule has 0 saturated carbocycles. The Kier molecular flexibility index (Phi) is 14.6. The van der Waals surface area contributed by atoms with Crippen molar-refractivity contribution in [2.45, 2.75) is 154 Å². The van der Waals surface area contributed by atoms with E-state index in [1.165, 1.54) is 25.8 Å². The lowest BCUT2D eigenvalue weighted by atomic mass is 9.78. The number of carbonyl (C=O) groups is 3. The van der Waals surface area contributed by atoms with Crippen molar-refractivity contribution in [3.63, 3.8) is 0 Å². The van der Waals surface area contributed by atoms with Gasteiger partial charge in [0.05, 0.1) is 42.3 Å². The van der Waals surface area contributed by atoms with Crippen LogP contribution in [0.2, 0.25) is 0 Å². The Bertz CT molecular complexity index is 1060. The molecule has 0 unspecified atom stereocenters. The third-order valence-corrected chi connectivity index (χ3v) is 10.2. The maximum Gasteiger partial charge on any atom is 0.311 e. The van der Waals surface area contributed by atoms with Gasteiger partial charge in [0, 0.05) is 32.0 Å². The van der Waals surface area contributed by atoms with Crippen molar-refractivity contribution in [1.82, 2.24) is 9.80 Å². The summed E-state index contributed by atoms with van der Waals surface area (Å²) in [5, 5.41) is 66.6. The van der Waals surface area contributed by atoms with Crippen LogP contribution in [0.3, 0.4) is 0 Å². The maximum absolute atomic E-state index is 13.4. The summed E-state index contributed by atoms with van der Waals surface area (Å²) in [6, 6.07) is -1.35. The molecule has 0 aromatic rings. The zero-order valence-corrected chi connectivity index (χ0v) is 29.7. The van der Waals surface area contributed by atoms with Crippen LogP contribution in [0.1, 0.15) is 87.5 Å². The van der Waals surface area contributed by atoms with Crippen molar-refractivity contribution in [1.29, 1.82) is 0 Å². The second kappa shape index (κ2) is 16.7. The summed E-state index contributed by atoms with van der Waals surface area (Å²) in [6.07, 6.45) is -8.24. The van der Waals surface area contributed by atoms with Crippen LogP contribution in [0.5, 0.6) is 0 Å². The monoisotopic (exact) mass is 676 g/mol. The van der Waals surface area contributed by atoms with Gasteiger partial charge in [-0.2, -0.15) is 0 Å². The molecule has 14 heteroatoms. The summed E-state index contributed by atoms with van der Waals surface area (Å²) < 4.78 is 18.0. The van der Waals surface area contributed by atoms with E-state index in [-0.39, 0.29) is 38.0 Å². The molecular formula is C33H60N2O12. The van der Waals surface area contributed by atoms with E-state index in [2.05, 4.69) is 0 Å². The number of amides is 1. The summed E-state index contributed by atoms with van der Waals surface area (Å²) in [5.74, 6) is -4.66. The number of hydrogen-bond acceptors (Lipinski definition) is 12. The smallest absolute Gasteiger partial charge is 0.311 e. The molecule has 1 amide bonds. The van der Waals surface area contributed by atoms with Crippen LogP contribution < -0.4 is 0 Å². The molecule has 0 spiro atoms. The predicted octanol–water partition coefficient (Wildman–Crippen LogP) is 0.737. The van der Waals surface area contributed by atoms with Crippen LogP contribution in [0.25, 0.3) is 0 Å². The van der Waals surface area contributed by atoms with Gasteiger partial charge in [-0.05, 0) is 66.8 Å². The van der Waals surface area contributed by atoms with E-state index in [0.717, 1.165) is 0 Å². The molecule has 2 heterocycles. The molecule has 14 nitrogen and oxygen atoms in total. The maximum atomic E-state index is 13.4. The number of aliphatic hydroxyl groups is 5. The number of carboxylic acids is 1. The fraction of sp³-hybridized carbons (Fsp3) is 0.909. The number of cyclic esters (lactones) is 1. The Balaban J connectivity index is 2.50. The first kappa shape index (κ1) is 41.3. The van der Waals surface area contributed by atoms with Gasteiger partial charge < -0.3 is 54.6 Å². The average Bonchev–Trinajstić information content (AvgIpc) is 2.98.